The lowest BCUT2D eigenvalue weighted by atomic mass is 10.1. The largest absolute Gasteiger partial charge is 0.480 e. The molecule has 2 aromatic rings. The monoisotopic (exact) mass is 354 g/mol. The third kappa shape index (κ3) is 4.73. The third-order valence-electron chi connectivity index (χ3n) is 3.26. The van der Waals surface area contributed by atoms with E-state index in [0.717, 1.165) is 12.1 Å². The summed E-state index contributed by atoms with van der Waals surface area (Å²) in [6.45, 7) is 0. The molecule has 126 valence electrons. The van der Waals surface area contributed by atoms with Gasteiger partial charge in [-0.15, -0.1) is 0 Å². The van der Waals surface area contributed by atoms with Crippen molar-refractivity contribution in [3.8, 4) is 0 Å². The van der Waals surface area contributed by atoms with Crippen LogP contribution in [0.5, 0.6) is 0 Å². The fourth-order valence-electron chi connectivity index (χ4n) is 2.07. The summed E-state index contributed by atoms with van der Waals surface area (Å²) in [6, 6.07) is 5.05. The summed E-state index contributed by atoms with van der Waals surface area (Å²) in [5.74, 6) is -3.79. The molecule has 2 N–H and O–H groups in total. The Balaban J connectivity index is 2.06. The van der Waals surface area contributed by atoms with E-state index < -0.39 is 41.5 Å². The Morgan fingerprint density at radius 3 is 2.42 bits per heavy atom. The predicted molar refractivity (Wildman–Crippen MR) is 82.6 cm³/mol. The Kier molecular flexibility index (Phi) is 5.81. The highest BCUT2D eigenvalue weighted by Gasteiger charge is 2.22. The molecule has 0 saturated heterocycles. The Bertz CT molecular complexity index is 733. The molecule has 24 heavy (non-hydrogen) atoms. The smallest absolute Gasteiger partial charge is 0.326 e. The Labute approximate surface area is 141 Å². The second-order valence-corrected chi connectivity index (χ2v) is 5.42. The predicted octanol–water partition coefficient (Wildman–Crippen LogP) is 2.37. The van der Waals surface area contributed by atoms with Crippen molar-refractivity contribution in [1.29, 1.82) is 0 Å². The molecule has 1 atom stereocenters. The van der Waals surface area contributed by atoms with Gasteiger partial charge in [0.15, 0.2) is 0 Å². The van der Waals surface area contributed by atoms with Crippen molar-refractivity contribution in [2.24, 2.45) is 0 Å². The number of halogens is 3. The van der Waals surface area contributed by atoms with Crippen LogP contribution in [0.4, 0.5) is 8.78 Å². The molecule has 1 aromatic carbocycles. The first kappa shape index (κ1) is 17.8. The van der Waals surface area contributed by atoms with Crippen molar-refractivity contribution in [1.82, 2.24) is 10.3 Å². The first-order valence-electron chi connectivity index (χ1n) is 6.92. The topological polar surface area (TPSA) is 79.3 Å². The van der Waals surface area contributed by atoms with E-state index in [1.807, 2.05) is 0 Å². The first-order chi connectivity index (χ1) is 11.4. The van der Waals surface area contributed by atoms with Crippen LogP contribution in [-0.2, 0) is 22.4 Å². The fraction of sp³-hybridized carbons (Fsp3) is 0.188. The molecule has 5 nitrogen and oxygen atoms in total. The van der Waals surface area contributed by atoms with Gasteiger partial charge in [-0.25, -0.2) is 18.6 Å². The highest BCUT2D eigenvalue weighted by molar-refractivity contribution is 6.29. The Morgan fingerprint density at radius 1 is 1.21 bits per heavy atom. The summed E-state index contributed by atoms with van der Waals surface area (Å²) in [6.07, 6.45) is 0.757. The average Bonchev–Trinajstić information content (AvgIpc) is 2.52. The molecule has 0 aliphatic carbocycles. The summed E-state index contributed by atoms with van der Waals surface area (Å²) in [5.41, 5.74) is 0.136. The number of carboxylic acids is 1. The van der Waals surface area contributed by atoms with Gasteiger partial charge in [-0.3, -0.25) is 4.79 Å². The third-order valence-corrected chi connectivity index (χ3v) is 3.48. The van der Waals surface area contributed by atoms with Gasteiger partial charge in [0.05, 0.1) is 6.42 Å². The maximum atomic E-state index is 13.5. The van der Waals surface area contributed by atoms with Crippen LogP contribution in [-0.4, -0.2) is 28.0 Å². The molecular weight excluding hydrogens is 342 g/mol. The zero-order chi connectivity index (χ0) is 17.7. The summed E-state index contributed by atoms with van der Waals surface area (Å²) in [5, 5.41) is 11.7. The van der Waals surface area contributed by atoms with Crippen molar-refractivity contribution in [3.63, 3.8) is 0 Å². The van der Waals surface area contributed by atoms with E-state index in [4.69, 9.17) is 11.6 Å². The normalized spacial score (nSPS) is 11.8. The van der Waals surface area contributed by atoms with Crippen LogP contribution in [0.2, 0.25) is 5.15 Å². The summed E-state index contributed by atoms with van der Waals surface area (Å²) in [7, 11) is 0. The molecular formula is C16H13ClF2N2O3. The van der Waals surface area contributed by atoms with Crippen LogP contribution in [0.1, 0.15) is 11.1 Å². The molecule has 1 amide bonds. The zero-order valence-corrected chi connectivity index (χ0v) is 13.1. The van der Waals surface area contributed by atoms with Crippen molar-refractivity contribution in [2.45, 2.75) is 18.9 Å². The molecule has 0 saturated carbocycles. The number of amides is 1. The molecule has 0 fully saturated rings. The zero-order valence-electron chi connectivity index (χ0n) is 12.3. The Hall–Kier alpha value is -2.54. The van der Waals surface area contributed by atoms with Crippen LogP contribution in [0, 0.1) is 11.6 Å². The van der Waals surface area contributed by atoms with E-state index in [2.05, 4.69) is 10.3 Å². The number of carboxylic acid groups (broad SMARTS) is 1. The van der Waals surface area contributed by atoms with Crippen LogP contribution < -0.4 is 5.32 Å². The van der Waals surface area contributed by atoms with Crippen LogP contribution in [0.25, 0.3) is 0 Å². The number of nitrogens with one attached hydrogen (secondary N) is 1. The molecule has 8 heteroatoms. The number of hydrogen-bond donors (Lipinski definition) is 2. The quantitative estimate of drug-likeness (QED) is 0.781. The van der Waals surface area contributed by atoms with Gasteiger partial charge in [0, 0.05) is 18.2 Å². The van der Waals surface area contributed by atoms with Crippen LogP contribution in [0.3, 0.4) is 0 Å². The second kappa shape index (κ2) is 7.83. The molecule has 0 aliphatic heterocycles. The molecule has 1 aromatic heterocycles. The van der Waals surface area contributed by atoms with Gasteiger partial charge in [-0.2, -0.15) is 0 Å². The van der Waals surface area contributed by atoms with Gasteiger partial charge in [-0.1, -0.05) is 23.7 Å². The molecule has 0 radical (unpaired) electrons. The highest BCUT2D eigenvalue weighted by Crippen LogP contribution is 2.13. The fourth-order valence-corrected chi connectivity index (χ4v) is 2.18. The van der Waals surface area contributed by atoms with Crippen molar-refractivity contribution in [2.75, 3.05) is 0 Å². The van der Waals surface area contributed by atoms with E-state index in [1.54, 1.807) is 6.07 Å². The van der Waals surface area contributed by atoms with Gasteiger partial charge in [0.2, 0.25) is 5.91 Å². The van der Waals surface area contributed by atoms with E-state index in [-0.39, 0.29) is 11.6 Å². The molecule has 0 bridgehead atoms. The van der Waals surface area contributed by atoms with Gasteiger partial charge < -0.3 is 10.4 Å². The average molecular weight is 355 g/mol. The summed E-state index contributed by atoms with van der Waals surface area (Å²) >= 11 is 5.65. The second-order valence-electron chi connectivity index (χ2n) is 5.03. The minimum Gasteiger partial charge on any atom is -0.480 e. The van der Waals surface area contributed by atoms with Gasteiger partial charge in [0.1, 0.15) is 22.8 Å². The summed E-state index contributed by atoms with van der Waals surface area (Å²) < 4.78 is 27.1. The Morgan fingerprint density at radius 2 is 1.88 bits per heavy atom. The van der Waals surface area contributed by atoms with Crippen molar-refractivity contribution >= 4 is 23.5 Å². The number of aromatic nitrogens is 1. The molecule has 1 heterocycles. The minimum atomic E-state index is -1.27. The van der Waals surface area contributed by atoms with E-state index in [0.29, 0.717) is 5.56 Å². The first-order valence-corrected chi connectivity index (χ1v) is 7.30. The number of benzene rings is 1. The number of nitrogens with zero attached hydrogens (tertiary/aromatic N) is 1. The van der Waals surface area contributed by atoms with Gasteiger partial charge in [-0.05, 0) is 23.8 Å². The van der Waals surface area contributed by atoms with Crippen molar-refractivity contribution in [3.05, 3.63) is 64.4 Å². The van der Waals surface area contributed by atoms with Gasteiger partial charge in [0.25, 0.3) is 0 Å². The maximum absolute atomic E-state index is 13.5. The molecule has 0 aliphatic rings. The number of hydrogen-bond acceptors (Lipinski definition) is 3. The lowest BCUT2D eigenvalue weighted by Crippen LogP contribution is -2.43. The molecule has 0 spiro atoms. The number of aliphatic carboxylic acids is 1. The van der Waals surface area contributed by atoms with E-state index in [9.17, 15) is 23.5 Å². The van der Waals surface area contributed by atoms with Gasteiger partial charge >= 0.3 is 5.97 Å². The lowest BCUT2D eigenvalue weighted by Gasteiger charge is -2.15. The number of carbonyl (C=O) groups is 2. The standard InChI is InChI=1S/C16H13ClF2N2O3/c17-14-5-4-9(8-20-14)6-13(16(23)24)21-15(22)7-10-11(18)2-1-3-12(10)19/h1-5,8,13H,6-7H2,(H,21,22)(H,23,24)/t13-/m1/s1. The lowest BCUT2D eigenvalue weighted by molar-refractivity contribution is -0.141. The highest BCUT2D eigenvalue weighted by atomic mass is 35.5. The SMILES string of the molecule is O=C(Cc1c(F)cccc1F)N[C@H](Cc1ccc(Cl)nc1)C(=O)O. The van der Waals surface area contributed by atoms with E-state index >= 15 is 0 Å². The molecule has 2 rings (SSSR count). The van der Waals surface area contributed by atoms with E-state index in [1.165, 1.54) is 18.3 Å². The number of pyridine rings is 1. The summed E-state index contributed by atoms with van der Waals surface area (Å²) in [4.78, 5) is 27.0. The van der Waals surface area contributed by atoms with Crippen LogP contribution >= 0.6 is 11.6 Å². The van der Waals surface area contributed by atoms with Crippen LogP contribution in [0.15, 0.2) is 36.5 Å². The maximum Gasteiger partial charge on any atom is 0.326 e. The van der Waals surface area contributed by atoms with Crippen molar-refractivity contribution < 1.29 is 23.5 Å². The molecule has 0 unspecified atom stereocenters. The minimum absolute atomic E-state index is 0.0367. The number of carbonyl (C=O) groups excluding carboxylic acids is 1. The number of rotatable bonds is 6.